The van der Waals surface area contributed by atoms with Crippen LogP contribution in [-0.2, 0) is 4.79 Å². The molecular weight excluding hydrogens is 586 g/mol. The van der Waals surface area contributed by atoms with E-state index in [1.165, 1.54) is 0 Å². The van der Waals surface area contributed by atoms with Crippen molar-refractivity contribution in [3.8, 4) is 28.6 Å². The van der Waals surface area contributed by atoms with Gasteiger partial charge in [-0.1, -0.05) is 41.6 Å². The van der Waals surface area contributed by atoms with Crippen LogP contribution in [0.15, 0.2) is 78.0 Å². The first-order valence-corrected chi connectivity index (χ1v) is 15.5. The van der Waals surface area contributed by atoms with E-state index in [1.54, 1.807) is 44.2 Å². The zero-order valence-electron chi connectivity index (χ0n) is 24.4. The Kier molecular flexibility index (Phi) is 9.89. The highest BCUT2D eigenvalue weighted by Gasteiger charge is 2.30. The molecule has 1 aliphatic heterocycles. The first-order chi connectivity index (χ1) is 20.9. The van der Waals surface area contributed by atoms with Crippen molar-refractivity contribution >= 4 is 35.2 Å². The molecule has 2 amide bonds. The monoisotopic (exact) mass is 619 g/mol. The Morgan fingerprint density at radius 3 is 2.30 bits per heavy atom. The van der Waals surface area contributed by atoms with E-state index in [9.17, 15) is 9.59 Å². The summed E-state index contributed by atoms with van der Waals surface area (Å²) in [7, 11) is 3.11. The van der Waals surface area contributed by atoms with Gasteiger partial charge in [0, 0.05) is 65.8 Å². The molecule has 1 unspecified atom stereocenters. The molecule has 1 aliphatic rings. The van der Waals surface area contributed by atoms with Crippen LogP contribution in [0.4, 0.5) is 0 Å². The molecule has 4 aromatic rings. The zero-order valence-corrected chi connectivity index (χ0v) is 26.0. The second-order valence-electron chi connectivity index (χ2n) is 10.2. The molecule has 1 atom stereocenters. The van der Waals surface area contributed by atoms with Crippen molar-refractivity contribution in [1.29, 1.82) is 0 Å². The van der Waals surface area contributed by atoms with Gasteiger partial charge in [-0.15, -0.1) is 10.2 Å². The molecule has 1 fully saturated rings. The lowest BCUT2D eigenvalue weighted by molar-refractivity contribution is -0.133. The summed E-state index contributed by atoms with van der Waals surface area (Å²) in [5, 5.41) is 10.4. The molecule has 0 saturated carbocycles. The van der Waals surface area contributed by atoms with Gasteiger partial charge in [-0.05, 0) is 61.9 Å². The van der Waals surface area contributed by atoms with E-state index >= 15 is 0 Å². The average molecular weight is 620 g/mol. The third kappa shape index (κ3) is 7.14. The average Bonchev–Trinajstić information content (AvgIpc) is 3.46. The third-order valence-corrected chi connectivity index (χ3v) is 8.62. The highest BCUT2D eigenvalue weighted by atomic mass is 35.5. The third-order valence-electron chi connectivity index (χ3n) is 7.36. The normalized spacial score (nSPS) is 14.9. The molecule has 0 aliphatic carbocycles. The summed E-state index contributed by atoms with van der Waals surface area (Å²) in [6.45, 7) is 3.43. The fourth-order valence-corrected chi connectivity index (χ4v) is 6.10. The van der Waals surface area contributed by atoms with Gasteiger partial charge in [0.1, 0.15) is 11.5 Å². The Balaban J connectivity index is 1.17. The lowest BCUT2D eigenvalue weighted by atomic mass is 10.1. The van der Waals surface area contributed by atoms with E-state index in [0.717, 1.165) is 22.2 Å². The number of amides is 2. The number of ether oxygens (including phenoxy) is 2. The van der Waals surface area contributed by atoms with Crippen LogP contribution in [-0.4, -0.2) is 82.0 Å². The second kappa shape index (κ2) is 14.0. The molecule has 43 heavy (non-hydrogen) atoms. The summed E-state index contributed by atoms with van der Waals surface area (Å²) in [6, 6.07) is 22.6. The number of carbonyl (C=O) groups is 2. The Morgan fingerprint density at radius 2 is 1.65 bits per heavy atom. The van der Waals surface area contributed by atoms with Crippen molar-refractivity contribution in [1.82, 2.24) is 24.6 Å². The van der Waals surface area contributed by atoms with E-state index in [1.807, 2.05) is 75.9 Å². The predicted molar refractivity (Wildman–Crippen MR) is 168 cm³/mol. The van der Waals surface area contributed by atoms with Crippen LogP contribution in [0.3, 0.4) is 0 Å². The number of halogens is 1. The minimum atomic E-state index is -0.118. The lowest BCUT2D eigenvalue weighted by Crippen LogP contribution is -2.55. The number of para-hydroxylation sites is 1. The van der Waals surface area contributed by atoms with E-state index in [4.69, 9.17) is 21.1 Å². The Labute approximate surface area is 260 Å². The highest BCUT2D eigenvalue weighted by molar-refractivity contribution is 7.99. The molecule has 11 heteroatoms. The quantitative estimate of drug-likeness (QED) is 0.162. The number of thioether (sulfide) groups is 1. The fourth-order valence-electron chi connectivity index (χ4n) is 5.09. The molecular formula is C32H34ClN5O4S. The Bertz CT molecular complexity index is 1540. The fraction of sp³-hybridized carbons (Fsp3) is 0.312. The SMILES string of the molecule is COc1cc(OC)cc(C(=O)N2CCN(C(=O)CCCSc3nnc(-c4ccc(Cl)cc4)n3-c3ccccc3)CC2C)c1. The summed E-state index contributed by atoms with van der Waals surface area (Å²) < 4.78 is 12.7. The van der Waals surface area contributed by atoms with Crippen molar-refractivity contribution in [2.45, 2.75) is 31.0 Å². The summed E-state index contributed by atoms with van der Waals surface area (Å²) in [5.74, 6) is 2.55. The van der Waals surface area contributed by atoms with Crippen LogP contribution in [0.2, 0.25) is 5.02 Å². The number of methoxy groups -OCH3 is 2. The zero-order chi connectivity index (χ0) is 30.3. The van der Waals surface area contributed by atoms with Crippen molar-refractivity contribution in [3.05, 3.63) is 83.4 Å². The topological polar surface area (TPSA) is 89.8 Å². The van der Waals surface area contributed by atoms with Crippen molar-refractivity contribution in [2.24, 2.45) is 0 Å². The second-order valence-corrected chi connectivity index (χ2v) is 11.7. The molecule has 1 aromatic heterocycles. The largest absolute Gasteiger partial charge is 0.497 e. The van der Waals surface area contributed by atoms with Gasteiger partial charge in [0.25, 0.3) is 5.91 Å². The minimum absolute atomic E-state index is 0.0916. The maximum atomic E-state index is 13.3. The molecule has 2 heterocycles. The predicted octanol–water partition coefficient (Wildman–Crippen LogP) is 5.85. The number of hydrogen-bond acceptors (Lipinski definition) is 7. The van der Waals surface area contributed by atoms with Crippen LogP contribution in [0, 0.1) is 0 Å². The molecule has 1 saturated heterocycles. The van der Waals surface area contributed by atoms with Crippen LogP contribution in [0.5, 0.6) is 11.5 Å². The molecule has 0 N–H and O–H groups in total. The number of benzene rings is 3. The van der Waals surface area contributed by atoms with E-state index in [2.05, 4.69) is 10.2 Å². The number of aromatic nitrogens is 3. The van der Waals surface area contributed by atoms with Gasteiger partial charge < -0.3 is 19.3 Å². The molecule has 0 bridgehead atoms. The minimum Gasteiger partial charge on any atom is -0.497 e. The maximum absolute atomic E-state index is 13.3. The van der Waals surface area contributed by atoms with Gasteiger partial charge in [0.05, 0.1) is 14.2 Å². The summed E-state index contributed by atoms with van der Waals surface area (Å²) in [4.78, 5) is 30.1. The molecule has 0 spiro atoms. The molecule has 5 rings (SSSR count). The Hall–Kier alpha value is -4.02. The van der Waals surface area contributed by atoms with Gasteiger partial charge in [0.2, 0.25) is 5.91 Å². The van der Waals surface area contributed by atoms with Crippen molar-refractivity contribution in [2.75, 3.05) is 39.6 Å². The summed E-state index contributed by atoms with van der Waals surface area (Å²) in [6.07, 6.45) is 1.11. The maximum Gasteiger partial charge on any atom is 0.254 e. The van der Waals surface area contributed by atoms with Gasteiger partial charge in [-0.25, -0.2) is 0 Å². The van der Waals surface area contributed by atoms with Gasteiger partial charge in [-0.2, -0.15) is 0 Å². The first-order valence-electron chi connectivity index (χ1n) is 14.1. The van der Waals surface area contributed by atoms with E-state index in [-0.39, 0.29) is 17.9 Å². The number of piperazine rings is 1. The van der Waals surface area contributed by atoms with Crippen LogP contribution >= 0.6 is 23.4 Å². The van der Waals surface area contributed by atoms with Crippen molar-refractivity contribution < 1.29 is 19.1 Å². The van der Waals surface area contributed by atoms with Gasteiger partial charge >= 0.3 is 0 Å². The smallest absolute Gasteiger partial charge is 0.254 e. The highest BCUT2D eigenvalue weighted by Crippen LogP contribution is 2.29. The molecule has 0 radical (unpaired) electrons. The van der Waals surface area contributed by atoms with Crippen LogP contribution in [0.1, 0.15) is 30.1 Å². The van der Waals surface area contributed by atoms with Crippen molar-refractivity contribution in [3.63, 3.8) is 0 Å². The summed E-state index contributed by atoms with van der Waals surface area (Å²) in [5.41, 5.74) is 2.38. The number of nitrogens with zero attached hydrogens (tertiary/aromatic N) is 5. The molecule has 3 aromatic carbocycles. The molecule has 9 nitrogen and oxygen atoms in total. The van der Waals surface area contributed by atoms with Gasteiger partial charge in [0.15, 0.2) is 11.0 Å². The standard InChI is InChI=1S/C32H34ClN5O4S/c1-22-21-36(15-16-37(22)31(40)24-18-27(41-2)20-28(19-24)42-3)29(39)10-7-17-43-32-35-34-30(23-11-13-25(33)14-12-23)38(32)26-8-5-4-6-9-26/h4-6,8-9,11-14,18-20,22H,7,10,15-17,21H2,1-3H3. The number of hydrogen-bond donors (Lipinski definition) is 0. The van der Waals surface area contributed by atoms with Gasteiger partial charge in [-0.3, -0.25) is 14.2 Å². The number of carbonyl (C=O) groups excluding carboxylic acids is 2. The van der Waals surface area contributed by atoms with Crippen LogP contribution < -0.4 is 9.47 Å². The number of rotatable bonds is 10. The van der Waals surface area contributed by atoms with E-state index < -0.39 is 0 Å². The summed E-state index contributed by atoms with van der Waals surface area (Å²) >= 11 is 7.68. The van der Waals surface area contributed by atoms with E-state index in [0.29, 0.717) is 60.3 Å². The first kappa shape index (κ1) is 30.4. The molecule has 224 valence electrons. The van der Waals surface area contributed by atoms with Crippen LogP contribution in [0.25, 0.3) is 17.1 Å². The Morgan fingerprint density at radius 1 is 0.953 bits per heavy atom. The lowest BCUT2D eigenvalue weighted by Gasteiger charge is -2.40.